The van der Waals surface area contributed by atoms with Crippen molar-refractivity contribution in [3.8, 4) is 17.1 Å². The second kappa shape index (κ2) is 7.13. The number of imidazole rings is 1. The number of fused-ring (bicyclic) bond motifs is 1. The van der Waals surface area contributed by atoms with Crippen LogP contribution in [0.15, 0.2) is 66.7 Å². The molecule has 5 nitrogen and oxygen atoms in total. The molecule has 4 aromatic rings. The van der Waals surface area contributed by atoms with Crippen molar-refractivity contribution in [3.05, 3.63) is 77.3 Å². The minimum absolute atomic E-state index is 0.216. The highest BCUT2D eigenvalue weighted by Gasteiger charge is 2.09. The van der Waals surface area contributed by atoms with Gasteiger partial charge in [-0.15, -0.1) is 0 Å². The standard InChI is InChI=1S/C21H16ClN3O2/c1-27-17-8-5-13(6-9-17)20-24-18-10-7-16(12-19(18)25-20)23-21(26)14-3-2-4-15(22)11-14/h2-12H,1H3,(H,23,26)(H,24,25). The lowest BCUT2D eigenvalue weighted by Crippen LogP contribution is -2.11. The topological polar surface area (TPSA) is 67.0 Å². The molecule has 6 heteroatoms. The van der Waals surface area contributed by atoms with E-state index in [1.165, 1.54) is 0 Å². The summed E-state index contributed by atoms with van der Waals surface area (Å²) in [5, 5.41) is 3.40. The zero-order valence-corrected chi connectivity index (χ0v) is 15.2. The summed E-state index contributed by atoms with van der Waals surface area (Å²) in [4.78, 5) is 20.3. The van der Waals surface area contributed by atoms with Crippen LogP contribution in [0.3, 0.4) is 0 Å². The molecule has 0 radical (unpaired) electrons. The molecule has 134 valence electrons. The van der Waals surface area contributed by atoms with Crippen LogP contribution < -0.4 is 10.1 Å². The number of amides is 1. The van der Waals surface area contributed by atoms with Gasteiger partial charge in [0, 0.05) is 21.8 Å². The highest BCUT2D eigenvalue weighted by atomic mass is 35.5. The fraction of sp³-hybridized carbons (Fsp3) is 0.0476. The Morgan fingerprint density at radius 1 is 1.07 bits per heavy atom. The summed E-state index contributed by atoms with van der Waals surface area (Å²) >= 11 is 5.95. The first kappa shape index (κ1) is 17.1. The van der Waals surface area contributed by atoms with Crippen molar-refractivity contribution in [1.82, 2.24) is 9.97 Å². The van der Waals surface area contributed by atoms with Crippen LogP contribution in [-0.2, 0) is 0 Å². The van der Waals surface area contributed by atoms with Crippen LogP contribution in [0.1, 0.15) is 10.4 Å². The average molecular weight is 378 g/mol. The van der Waals surface area contributed by atoms with E-state index in [-0.39, 0.29) is 5.91 Å². The van der Waals surface area contributed by atoms with Crippen LogP contribution in [0.4, 0.5) is 5.69 Å². The molecule has 27 heavy (non-hydrogen) atoms. The number of nitrogens with one attached hydrogen (secondary N) is 2. The van der Waals surface area contributed by atoms with Crippen molar-refractivity contribution in [3.63, 3.8) is 0 Å². The maximum absolute atomic E-state index is 12.4. The Kier molecular flexibility index (Phi) is 4.52. The van der Waals surface area contributed by atoms with E-state index in [1.807, 2.05) is 42.5 Å². The van der Waals surface area contributed by atoms with Crippen molar-refractivity contribution in [2.24, 2.45) is 0 Å². The third-order valence-electron chi connectivity index (χ3n) is 4.19. The van der Waals surface area contributed by atoms with Crippen LogP contribution in [0.5, 0.6) is 5.75 Å². The Balaban J connectivity index is 1.59. The van der Waals surface area contributed by atoms with Gasteiger partial charge in [0.2, 0.25) is 0 Å². The number of carbonyl (C=O) groups excluding carboxylic acids is 1. The Morgan fingerprint density at radius 2 is 1.89 bits per heavy atom. The number of aromatic nitrogens is 2. The lowest BCUT2D eigenvalue weighted by atomic mass is 10.2. The van der Waals surface area contributed by atoms with E-state index in [2.05, 4.69) is 15.3 Å². The van der Waals surface area contributed by atoms with Gasteiger partial charge in [0.25, 0.3) is 5.91 Å². The van der Waals surface area contributed by atoms with Gasteiger partial charge in [0.1, 0.15) is 11.6 Å². The number of halogens is 1. The van der Waals surface area contributed by atoms with Crippen molar-refractivity contribution in [2.45, 2.75) is 0 Å². The summed E-state index contributed by atoms with van der Waals surface area (Å²) in [6, 6.07) is 20.0. The number of hydrogen-bond donors (Lipinski definition) is 2. The normalized spacial score (nSPS) is 10.7. The smallest absolute Gasteiger partial charge is 0.255 e. The molecule has 0 unspecified atom stereocenters. The first-order chi connectivity index (χ1) is 13.1. The van der Waals surface area contributed by atoms with Crippen molar-refractivity contribution in [1.29, 1.82) is 0 Å². The minimum Gasteiger partial charge on any atom is -0.497 e. The molecule has 2 N–H and O–H groups in total. The number of ether oxygens (including phenoxy) is 1. The molecule has 1 amide bonds. The highest BCUT2D eigenvalue weighted by Crippen LogP contribution is 2.25. The quantitative estimate of drug-likeness (QED) is 0.517. The predicted molar refractivity (Wildman–Crippen MR) is 107 cm³/mol. The van der Waals surface area contributed by atoms with Gasteiger partial charge in [-0.1, -0.05) is 17.7 Å². The maximum Gasteiger partial charge on any atom is 0.255 e. The minimum atomic E-state index is -0.216. The molecular formula is C21H16ClN3O2. The molecule has 0 saturated heterocycles. The zero-order valence-electron chi connectivity index (χ0n) is 14.5. The lowest BCUT2D eigenvalue weighted by molar-refractivity contribution is 0.102. The third-order valence-corrected chi connectivity index (χ3v) is 4.43. The molecule has 0 bridgehead atoms. The van der Waals surface area contributed by atoms with Crippen LogP contribution in [0.25, 0.3) is 22.4 Å². The Bertz CT molecular complexity index is 1120. The van der Waals surface area contributed by atoms with Gasteiger partial charge in [-0.05, 0) is 60.7 Å². The predicted octanol–water partition coefficient (Wildman–Crippen LogP) is 5.14. The summed E-state index contributed by atoms with van der Waals surface area (Å²) in [7, 11) is 1.63. The Labute approximate surface area is 161 Å². The number of methoxy groups -OCH3 is 1. The van der Waals surface area contributed by atoms with Gasteiger partial charge >= 0.3 is 0 Å². The molecule has 0 saturated carbocycles. The summed E-state index contributed by atoms with van der Waals surface area (Å²) in [6.07, 6.45) is 0. The van der Waals surface area contributed by atoms with E-state index in [1.54, 1.807) is 31.4 Å². The Hall–Kier alpha value is -3.31. The van der Waals surface area contributed by atoms with E-state index in [0.717, 1.165) is 28.2 Å². The van der Waals surface area contributed by atoms with Crippen LogP contribution >= 0.6 is 11.6 Å². The average Bonchev–Trinajstić information content (AvgIpc) is 3.11. The molecule has 1 heterocycles. The summed E-state index contributed by atoms with van der Waals surface area (Å²) in [5.41, 5.74) is 3.80. The second-order valence-electron chi connectivity index (χ2n) is 6.01. The number of carbonyl (C=O) groups is 1. The van der Waals surface area contributed by atoms with Crippen LogP contribution in [0, 0.1) is 0 Å². The number of aromatic amines is 1. The summed E-state index contributed by atoms with van der Waals surface area (Å²) < 4.78 is 5.18. The van der Waals surface area contributed by atoms with Crippen molar-refractivity contribution in [2.75, 3.05) is 12.4 Å². The number of nitrogens with zero attached hydrogens (tertiary/aromatic N) is 1. The summed E-state index contributed by atoms with van der Waals surface area (Å²) in [6.45, 7) is 0. The van der Waals surface area contributed by atoms with Crippen LogP contribution in [0.2, 0.25) is 5.02 Å². The third kappa shape index (κ3) is 3.64. The van der Waals surface area contributed by atoms with Gasteiger partial charge in [-0.3, -0.25) is 4.79 Å². The molecule has 0 aliphatic rings. The van der Waals surface area contributed by atoms with E-state index in [9.17, 15) is 4.79 Å². The highest BCUT2D eigenvalue weighted by molar-refractivity contribution is 6.31. The van der Waals surface area contributed by atoms with E-state index in [4.69, 9.17) is 16.3 Å². The zero-order chi connectivity index (χ0) is 18.8. The lowest BCUT2D eigenvalue weighted by Gasteiger charge is -2.05. The first-order valence-electron chi connectivity index (χ1n) is 8.33. The number of benzene rings is 3. The van der Waals surface area contributed by atoms with Gasteiger partial charge in [-0.2, -0.15) is 0 Å². The molecule has 0 aliphatic heterocycles. The number of anilines is 1. The number of hydrogen-bond acceptors (Lipinski definition) is 3. The fourth-order valence-corrected chi connectivity index (χ4v) is 3.00. The van der Waals surface area contributed by atoms with Gasteiger partial charge in [0.15, 0.2) is 0 Å². The van der Waals surface area contributed by atoms with Crippen molar-refractivity contribution >= 4 is 34.2 Å². The molecule has 4 rings (SSSR count). The van der Waals surface area contributed by atoms with Gasteiger partial charge in [0.05, 0.1) is 18.1 Å². The first-order valence-corrected chi connectivity index (χ1v) is 8.71. The summed E-state index contributed by atoms with van der Waals surface area (Å²) in [5.74, 6) is 1.33. The number of H-pyrrole nitrogens is 1. The van der Waals surface area contributed by atoms with Crippen molar-refractivity contribution < 1.29 is 9.53 Å². The second-order valence-corrected chi connectivity index (χ2v) is 6.45. The SMILES string of the molecule is COc1ccc(-c2nc3ccc(NC(=O)c4cccc(Cl)c4)cc3[nH]2)cc1. The number of rotatable bonds is 4. The van der Waals surface area contributed by atoms with Crippen LogP contribution in [-0.4, -0.2) is 23.0 Å². The monoisotopic (exact) mass is 377 g/mol. The molecule has 1 aromatic heterocycles. The molecule has 0 atom stereocenters. The largest absolute Gasteiger partial charge is 0.497 e. The Morgan fingerprint density at radius 3 is 2.63 bits per heavy atom. The molecule has 3 aromatic carbocycles. The molecule has 0 spiro atoms. The molecule has 0 fully saturated rings. The van der Waals surface area contributed by atoms with Gasteiger partial charge in [-0.25, -0.2) is 4.98 Å². The molecule has 0 aliphatic carbocycles. The van der Waals surface area contributed by atoms with E-state index >= 15 is 0 Å². The van der Waals surface area contributed by atoms with E-state index in [0.29, 0.717) is 16.3 Å². The molecular weight excluding hydrogens is 362 g/mol. The fourth-order valence-electron chi connectivity index (χ4n) is 2.81. The maximum atomic E-state index is 12.4. The van der Waals surface area contributed by atoms with Gasteiger partial charge < -0.3 is 15.0 Å². The van der Waals surface area contributed by atoms with E-state index < -0.39 is 0 Å².